The van der Waals surface area contributed by atoms with Crippen molar-refractivity contribution in [3.05, 3.63) is 0 Å². The zero-order chi connectivity index (χ0) is 19.6. The van der Waals surface area contributed by atoms with Gasteiger partial charge >= 0.3 is 18.3 Å². The van der Waals surface area contributed by atoms with E-state index in [1.807, 2.05) is 0 Å². The van der Waals surface area contributed by atoms with E-state index in [1.165, 1.54) is 0 Å². The van der Waals surface area contributed by atoms with Gasteiger partial charge in [0.1, 0.15) is 17.4 Å². The Kier molecular flexibility index (Phi) is 4.42. The lowest BCUT2D eigenvalue weighted by atomic mass is 9.89. The standard InChI is InChI=1S/C14H20F6N2O3/c1-6(2)8(12-10(4,21-12)22-12)9(23)25-7(3)5-11(24,13(15,16)17)14(18,19)20/h6-8,21-22,24H,5H2,1-4H3. The van der Waals surface area contributed by atoms with Gasteiger partial charge in [-0.25, -0.2) is 0 Å². The first-order valence-electron chi connectivity index (χ1n) is 7.66. The number of carbonyl (C=O) groups is 1. The molecule has 2 unspecified atom stereocenters. The monoisotopic (exact) mass is 378 g/mol. The average molecular weight is 378 g/mol. The molecule has 0 aromatic rings. The second-order valence-corrected chi connectivity index (χ2v) is 7.21. The summed E-state index contributed by atoms with van der Waals surface area (Å²) in [5.41, 5.74) is -6.15. The highest BCUT2D eigenvalue weighted by Crippen LogP contribution is 2.57. The zero-order valence-corrected chi connectivity index (χ0v) is 14.0. The molecule has 0 saturated carbocycles. The molecular weight excluding hydrogens is 358 g/mol. The quantitative estimate of drug-likeness (QED) is 0.374. The van der Waals surface area contributed by atoms with Crippen molar-refractivity contribution in [1.29, 1.82) is 0 Å². The average Bonchev–Trinajstić information content (AvgIpc) is 3.09. The van der Waals surface area contributed by atoms with E-state index >= 15 is 0 Å². The van der Waals surface area contributed by atoms with Gasteiger partial charge in [-0.15, -0.1) is 0 Å². The fourth-order valence-electron chi connectivity index (χ4n) is 3.26. The lowest BCUT2D eigenvalue weighted by molar-refractivity contribution is -0.373. The summed E-state index contributed by atoms with van der Waals surface area (Å²) in [6.07, 6.45) is -15.5. The minimum absolute atomic E-state index is 0.270. The number of hydrogen-bond donors (Lipinski definition) is 3. The second kappa shape index (κ2) is 5.46. The fraction of sp³-hybridized carbons (Fsp3) is 0.929. The Hall–Kier alpha value is -1.07. The first kappa shape index (κ1) is 20.2. The number of hydrogen-bond acceptors (Lipinski definition) is 5. The predicted octanol–water partition coefficient (Wildman–Crippen LogP) is 2.05. The summed E-state index contributed by atoms with van der Waals surface area (Å²) in [5, 5.41) is 15.2. The Balaban J connectivity index is 2.08. The number of esters is 1. The summed E-state index contributed by atoms with van der Waals surface area (Å²) in [6, 6.07) is 0. The Morgan fingerprint density at radius 1 is 1.08 bits per heavy atom. The summed E-state index contributed by atoms with van der Waals surface area (Å²) in [6.45, 7) is 6.03. The van der Waals surface area contributed by atoms with Gasteiger partial charge in [0.15, 0.2) is 0 Å². The van der Waals surface area contributed by atoms with E-state index in [1.54, 1.807) is 20.8 Å². The number of halogens is 6. The van der Waals surface area contributed by atoms with Gasteiger partial charge in [0.2, 0.25) is 0 Å². The van der Waals surface area contributed by atoms with Crippen LogP contribution in [0.3, 0.4) is 0 Å². The van der Waals surface area contributed by atoms with Gasteiger partial charge in [0.05, 0.1) is 5.92 Å². The van der Waals surface area contributed by atoms with Crippen LogP contribution in [0.2, 0.25) is 0 Å². The van der Waals surface area contributed by atoms with Crippen molar-refractivity contribution in [3.8, 4) is 0 Å². The molecule has 3 N–H and O–H groups in total. The van der Waals surface area contributed by atoms with Crippen LogP contribution >= 0.6 is 0 Å². The molecule has 0 amide bonds. The minimum Gasteiger partial charge on any atom is -0.462 e. The van der Waals surface area contributed by atoms with E-state index in [0.29, 0.717) is 0 Å². The van der Waals surface area contributed by atoms with Crippen LogP contribution in [0.25, 0.3) is 0 Å². The number of aliphatic hydroxyl groups is 1. The number of nitrogens with one attached hydrogen (secondary N) is 2. The Morgan fingerprint density at radius 2 is 1.48 bits per heavy atom. The summed E-state index contributed by atoms with van der Waals surface area (Å²) < 4.78 is 81.1. The third-order valence-corrected chi connectivity index (χ3v) is 4.78. The molecule has 5 nitrogen and oxygen atoms in total. The first-order valence-corrected chi connectivity index (χ1v) is 7.66. The maximum atomic E-state index is 12.7. The number of rotatable bonds is 6. The molecule has 0 radical (unpaired) electrons. The van der Waals surface area contributed by atoms with Gasteiger partial charge in [-0.05, 0) is 19.8 Å². The van der Waals surface area contributed by atoms with Gasteiger partial charge in [0, 0.05) is 6.42 Å². The second-order valence-electron chi connectivity index (χ2n) is 7.21. The fourth-order valence-corrected chi connectivity index (χ4v) is 3.26. The van der Waals surface area contributed by atoms with Crippen molar-refractivity contribution in [3.63, 3.8) is 0 Å². The predicted molar refractivity (Wildman–Crippen MR) is 73.0 cm³/mol. The van der Waals surface area contributed by atoms with E-state index in [2.05, 4.69) is 10.6 Å². The van der Waals surface area contributed by atoms with E-state index in [9.17, 15) is 36.2 Å². The molecule has 2 rings (SSSR count). The molecule has 2 aliphatic heterocycles. The third-order valence-electron chi connectivity index (χ3n) is 4.78. The number of fused-ring (bicyclic) bond motifs is 1. The van der Waals surface area contributed by atoms with E-state index in [-0.39, 0.29) is 5.92 Å². The maximum Gasteiger partial charge on any atom is 0.426 e. The summed E-state index contributed by atoms with van der Waals surface area (Å²) in [5.74, 6) is -1.98. The highest BCUT2D eigenvalue weighted by atomic mass is 19.4. The lowest BCUT2D eigenvalue weighted by Crippen LogP contribution is -2.58. The van der Waals surface area contributed by atoms with Gasteiger partial charge < -0.3 is 9.84 Å². The van der Waals surface area contributed by atoms with Crippen LogP contribution in [0.15, 0.2) is 0 Å². The first-order chi connectivity index (χ1) is 11.0. The van der Waals surface area contributed by atoms with Crippen LogP contribution in [-0.4, -0.2) is 46.5 Å². The SMILES string of the molecule is CC(CC(O)(C(F)(F)F)C(F)(F)F)OC(=O)C(C(C)C)C12NC1(C)N2. The van der Waals surface area contributed by atoms with E-state index < -0.39 is 53.7 Å². The molecule has 2 saturated heterocycles. The van der Waals surface area contributed by atoms with Crippen molar-refractivity contribution in [2.45, 2.75) is 69.5 Å². The van der Waals surface area contributed by atoms with Crippen LogP contribution in [0.4, 0.5) is 26.3 Å². The van der Waals surface area contributed by atoms with E-state index in [0.717, 1.165) is 6.92 Å². The molecular formula is C14H20F6N2O3. The van der Waals surface area contributed by atoms with Crippen molar-refractivity contribution in [2.75, 3.05) is 0 Å². The molecule has 2 atom stereocenters. The molecule has 0 spiro atoms. The third kappa shape index (κ3) is 3.10. The van der Waals surface area contributed by atoms with Crippen LogP contribution in [0, 0.1) is 11.8 Å². The van der Waals surface area contributed by atoms with Crippen molar-refractivity contribution in [2.24, 2.45) is 11.8 Å². The molecule has 2 heterocycles. The molecule has 2 fully saturated rings. The Bertz CT molecular complexity index is 540. The lowest BCUT2D eigenvalue weighted by Gasteiger charge is -2.34. The maximum absolute atomic E-state index is 12.7. The molecule has 146 valence electrons. The van der Waals surface area contributed by atoms with Crippen molar-refractivity contribution in [1.82, 2.24) is 10.6 Å². The van der Waals surface area contributed by atoms with Crippen LogP contribution in [0.1, 0.15) is 34.1 Å². The normalized spacial score (nSPS) is 31.4. The molecule has 0 aliphatic carbocycles. The van der Waals surface area contributed by atoms with Crippen molar-refractivity contribution >= 4 is 5.97 Å². The smallest absolute Gasteiger partial charge is 0.426 e. The highest BCUT2D eigenvalue weighted by Gasteiger charge is 2.85. The van der Waals surface area contributed by atoms with Gasteiger partial charge in [-0.3, -0.25) is 15.4 Å². The molecule has 2 aliphatic rings. The zero-order valence-electron chi connectivity index (χ0n) is 14.0. The number of carbonyl (C=O) groups excluding carboxylic acids is 1. The van der Waals surface area contributed by atoms with E-state index in [4.69, 9.17) is 4.74 Å². The molecule has 0 aromatic carbocycles. The molecule has 25 heavy (non-hydrogen) atoms. The summed E-state index contributed by atoms with van der Waals surface area (Å²) in [7, 11) is 0. The largest absolute Gasteiger partial charge is 0.462 e. The number of alkyl halides is 6. The topological polar surface area (TPSA) is 90.4 Å². The molecule has 0 bridgehead atoms. The van der Waals surface area contributed by atoms with Crippen molar-refractivity contribution < 1.29 is 41.0 Å². The summed E-state index contributed by atoms with van der Waals surface area (Å²) in [4.78, 5) is 12.3. The van der Waals surface area contributed by atoms with Gasteiger partial charge in [-0.1, -0.05) is 13.8 Å². The van der Waals surface area contributed by atoms with Crippen LogP contribution in [0.5, 0.6) is 0 Å². The van der Waals surface area contributed by atoms with Gasteiger partial charge in [-0.2, -0.15) is 26.3 Å². The minimum atomic E-state index is -5.95. The Morgan fingerprint density at radius 3 is 1.76 bits per heavy atom. The highest BCUT2D eigenvalue weighted by molar-refractivity contribution is 5.78. The summed E-state index contributed by atoms with van der Waals surface area (Å²) >= 11 is 0. The Labute approximate surface area is 140 Å². The number of ether oxygens (including phenoxy) is 1. The molecule has 11 heteroatoms. The van der Waals surface area contributed by atoms with Crippen LogP contribution in [-0.2, 0) is 9.53 Å². The van der Waals surface area contributed by atoms with Gasteiger partial charge in [0.25, 0.3) is 5.60 Å². The molecule has 0 aromatic heterocycles. The van der Waals surface area contributed by atoms with Crippen LogP contribution < -0.4 is 10.6 Å².